The van der Waals surface area contributed by atoms with Gasteiger partial charge in [0.15, 0.2) is 0 Å². The number of fused-ring (bicyclic) bond motifs is 1. The lowest BCUT2D eigenvalue weighted by Crippen LogP contribution is -2.32. The lowest BCUT2D eigenvalue weighted by atomic mass is 9.98. The van der Waals surface area contributed by atoms with E-state index in [0.717, 1.165) is 11.1 Å². The van der Waals surface area contributed by atoms with Gasteiger partial charge in [-0.2, -0.15) is 0 Å². The van der Waals surface area contributed by atoms with Crippen LogP contribution in [0.25, 0.3) is 6.08 Å². The van der Waals surface area contributed by atoms with Crippen LogP contribution in [0, 0.1) is 5.92 Å². The molecule has 1 aliphatic rings. The minimum atomic E-state index is -3.71. The number of hydrogen-bond donors (Lipinski definition) is 1. The summed E-state index contributed by atoms with van der Waals surface area (Å²) in [6, 6.07) is 7.72. The maximum atomic E-state index is 12.3. The molecule has 1 N–H and O–H groups in total. The first-order valence-corrected chi connectivity index (χ1v) is 8.71. The van der Waals surface area contributed by atoms with E-state index in [-0.39, 0.29) is 6.42 Å². The van der Waals surface area contributed by atoms with E-state index in [1.165, 1.54) is 0 Å². The second kappa shape index (κ2) is 6.43. The highest BCUT2D eigenvalue weighted by atomic mass is 32.2. The predicted molar refractivity (Wildman–Crippen MR) is 83.9 cm³/mol. The molecule has 0 bridgehead atoms. The van der Waals surface area contributed by atoms with E-state index in [9.17, 15) is 13.2 Å². The standard InChI is InChI=1S/C16H21NO3S/c1-12(2)7-10-16(18)17-21(19,20)15-9-8-13-5-3-4-6-14(13)11-15/h3-6,11-12H,7-10H2,1-2H3,(H,17,18). The van der Waals surface area contributed by atoms with Crippen LogP contribution >= 0.6 is 0 Å². The molecule has 5 heteroatoms. The summed E-state index contributed by atoms with van der Waals surface area (Å²) in [4.78, 5) is 12.0. The summed E-state index contributed by atoms with van der Waals surface area (Å²) >= 11 is 0. The Kier molecular flexibility index (Phi) is 4.83. The van der Waals surface area contributed by atoms with Crippen LogP contribution in [-0.4, -0.2) is 14.3 Å². The minimum absolute atomic E-state index is 0.237. The maximum Gasteiger partial charge on any atom is 0.260 e. The van der Waals surface area contributed by atoms with E-state index in [1.807, 2.05) is 38.1 Å². The van der Waals surface area contributed by atoms with E-state index < -0.39 is 15.9 Å². The molecule has 0 fully saturated rings. The Balaban J connectivity index is 2.11. The van der Waals surface area contributed by atoms with Gasteiger partial charge >= 0.3 is 0 Å². The summed E-state index contributed by atoms with van der Waals surface area (Å²) in [7, 11) is -3.71. The normalized spacial score (nSPS) is 14.5. The number of allylic oxidation sites excluding steroid dienone is 1. The number of benzene rings is 1. The van der Waals surface area contributed by atoms with E-state index in [1.54, 1.807) is 6.08 Å². The van der Waals surface area contributed by atoms with Crippen LogP contribution in [0.5, 0.6) is 0 Å². The van der Waals surface area contributed by atoms with Crippen molar-refractivity contribution in [2.75, 3.05) is 0 Å². The van der Waals surface area contributed by atoms with Gasteiger partial charge in [-0.15, -0.1) is 0 Å². The Morgan fingerprint density at radius 3 is 2.67 bits per heavy atom. The molecule has 0 heterocycles. The van der Waals surface area contributed by atoms with Crippen molar-refractivity contribution in [1.29, 1.82) is 0 Å². The molecule has 0 aliphatic heterocycles. The zero-order chi connectivity index (χ0) is 15.5. The monoisotopic (exact) mass is 307 g/mol. The van der Waals surface area contributed by atoms with E-state index >= 15 is 0 Å². The summed E-state index contributed by atoms with van der Waals surface area (Å²) < 4.78 is 26.7. The number of carbonyl (C=O) groups is 1. The molecule has 21 heavy (non-hydrogen) atoms. The average molecular weight is 307 g/mol. The fraction of sp³-hybridized carbons (Fsp3) is 0.438. The third-order valence-corrected chi connectivity index (χ3v) is 5.06. The zero-order valence-electron chi connectivity index (χ0n) is 12.4. The molecule has 1 amide bonds. The van der Waals surface area contributed by atoms with Gasteiger partial charge in [0.2, 0.25) is 5.91 Å². The Labute approximate surface area is 126 Å². The molecule has 0 atom stereocenters. The molecule has 0 unspecified atom stereocenters. The number of nitrogens with one attached hydrogen (secondary N) is 1. The summed E-state index contributed by atoms with van der Waals surface area (Å²) in [5, 5.41) is 0. The highest BCUT2D eigenvalue weighted by Crippen LogP contribution is 2.26. The molecule has 0 spiro atoms. The first kappa shape index (κ1) is 15.8. The molecule has 2 rings (SSSR count). The van der Waals surface area contributed by atoms with Crippen LogP contribution in [0.2, 0.25) is 0 Å². The summed E-state index contributed by atoms with van der Waals surface area (Å²) in [6.45, 7) is 4.00. The molecule has 1 aromatic rings. The third-order valence-electron chi connectivity index (χ3n) is 3.55. The topological polar surface area (TPSA) is 63.2 Å². The van der Waals surface area contributed by atoms with Crippen LogP contribution in [-0.2, 0) is 21.2 Å². The number of sulfonamides is 1. The molecule has 0 saturated heterocycles. The molecule has 0 saturated carbocycles. The largest absolute Gasteiger partial charge is 0.274 e. The first-order valence-electron chi connectivity index (χ1n) is 7.22. The van der Waals surface area contributed by atoms with Crippen molar-refractivity contribution in [3.63, 3.8) is 0 Å². The lowest BCUT2D eigenvalue weighted by Gasteiger charge is -2.17. The van der Waals surface area contributed by atoms with Gasteiger partial charge in [-0.3, -0.25) is 4.79 Å². The average Bonchev–Trinajstić information content (AvgIpc) is 2.44. The molecule has 1 aromatic carbocycles. The van der Waals surface area contributed by atoms with Crippen molar-refractivity contribution in [2.24, 2.45) is 5.92 Å². The van der Waals surface area contributed by atoms with Crippen molar-refractivity contribution < 1.29 is 13.2 Å². The molecule has 0 aromatic heterocycles. The molecule has 1 aliphatic carbocycles. The molecule has 114 valence electrons. The van der Waals surface area contributed by atoms with Crippen molar-refractivity contribution >= 4 is 22.0 Å². The fourth-order valence-corrected chi connectivity index (χ4v) is 3.49. The number of aryl methyl sites for hydroxylation is 1. The van der Waals surface area contributed by atoms with Gasteiger partial charge in [0, 0.05) is 6.42 Å². The Hall–Kier alpha value is -1.62. The van der Waals surface area contributed by atoms with Gasteiger partial charge < -0.3 is 0 Å². The van der Waals surface area contributed by atoms with Crippen LogP contribution in [0.1, 0.15) is 44.2 Å². The van der Waals surface area contributed by atoms with E-state index in [2.05, 4.69) is 4.72 Å². The summed E-state index contributed by atoms with van der Waals surface area (Å²) in [5.41, 5.74) is 2.06. The van der Waals surface area contributed by atoms with Gasteiger partial charge in [-0.25, -0.2) is 13.1 Å². The maximum absolute atomic E-state index is 12.3. The van der Waals surface area contributed by atoms with E-state index in [4.69, 9.17) is 0 Å². The van der Waals surface area contributed by atoms with Crippen molar-refractivity contribution in [3.05, 3.63) is 40.3 Å². The molecule has 4 nitrogen and oxygen atoms in total. The number of amides is 1. The SMILES string of the molecule is CC(C)CCC(=O)NS(=O)(=O)C1=Cc2ccccc2CC1. The zero-order valence-corrected chi connectivity index (χ0v) is 13.2. The lowest BCUT2D eigenvalue weighted by molar-refractivity contribution is -0.119. The third kappa shape index (κ3) is 4.17. The summed E-state index contributed by atoms with van der Waals surface area (Å²) in [5.74, 6) is -0.0531. The van der Waals surface area contributed by atoms with Gasteiger partial charge in [0.25, 0.3) is 10.0 Å². The Bertz CT molecular complexity index is 660. The fourth-order valence-electron chi connectivity index (χ4n) is 2.30. The van der Waals surface area contributed by atoms with Crippen LogP contribution < -0.4 is 4.72 Å². The van der Waals surface area contributed by atoms with Gasteiger partial charge in [-0.1, -0.05) is 38.1 Å². The Morgan fingerprint density at radius 2 is 1.95 bits per heavy atom. The quantitative estimate of drug-likeness (QED) is 0.910. The molecular formula is C16H21NO3S. The summed E-state index contributed by atoms with van der Waals surface area (Å²) in [6.07, 6.45) is 3.70. The first-order chi connectivity index (χ1) is 9.88. The van der Waals surface area contributed by atoms with Crippen LogP contribution in [0.4, 0.5) is 0 Å². The highest BCUT2D eigenvalue weighted by molar-refractivity contribution is 7.94. The van der Waals surface area contributed by atoms with Gasteiger partial charge in [0.05, 0.1) is 4.91 Å². The second-order valence-electron chi connectivity index (χ2n) is 5.77. The highest BCUT2D eigenvalue weighted by Gasteiger charge is 2.23. The molecular weight excluding hydrogens is 286 g/mol. The van der Waals surface area contributed by atoms with Gasteiger partial charge in [0.1, 0.15) is 0 Å². The smallest absolute Gasteiger partial charge is 0.260 e. The number of hydrogen-bond acceptors (Lipinski definition) is 3. The van der Waals surface area contributed by atoms with Crippen LogP contribution in [0.15, 0.2) is 29.2 Å². The van der Waals surface area contributed by atoms with Gasteiger partial charge in [-0.05, 0) is 42.4 Å². The van der Waals surface area contributed by atoms with Crippen LogP contribution in [0.3, 0.4) is 0 Å². The predicted octanol–water partition coefficient (Wildman–Crippen LogP) is 2.86. The van der Waals surface area contributed by atoms with Crippen molar-refractivity contribution in [2.45, 2.75) is 39.5 Å². The second-order valence-corrected chi connectivity index (χ2v) is 7.51. The minimum Gasteiger partial charge on any atom is -0.274 e. The van der Waals surface area contributed by atoms with E-state index in [0.29, 0.717) is 30.1 Å². The number of carbonyl (C=O) groups excluding carboxylic acids is 1. The number of rotatable bonds is 5. The van der Waals surface area contributed by atoms with Crippen molar-refractivity contribution in [1.82, 2.24) is 4.72 Å². The Morgan fingerprint density at radius 1 is 1.24 bits per heavy atom. The molecule has 0 radical (unpaired) electrons. The van der Waals surface area contributed by atoms with Crippen molar-refractivity contribution in [3.8, 4) is 0 Å².